The topological polar surface area (TPSA) is 23.6 Å². The quantitative estimate of drug-likeness (QED) is 0.562. The summed E-state index contributed by atoms with van der Waals surface area (Å²) in [5.74, 6) is 0.543. The molecule has 1 saturated heterocycles. The highest BCUT2D eigenvalue weighted by molar-refractivity contribution is 6.42. The normalized spacial score (nSPS) is 17.7. The van der Waals surface area contributed by atoms with Gasteiger partial charge in [-0.25, -0.2) is 0 Å². The third kappa shape index (κ3) is 4.96. The summed E-state index contributed by atoms with van der Waals surface area (Å²) >= 11 is 12.2. The molecule has 2 aromatic carbocycles. The number of carbonyl (C=O) groups excluding carboxylic acids is 1. The van der Waals surface area contributed by atoms with Crippen LogP contribution in [-0.4, -0.2) is 42.4 Å². The third-order valence-electron chi connectivity index (χ3n) is 6.50. The lowest BCUT2D eigenvalue weighted by Crippen LogP contribution is -2.53. The van der Waals surface area contributed by atoms with Gasteiger partial charge in [0.15, 0.2) is 0 Å². The fraction of sp³-hybridized carbons (Fsp3) is 0.458. The molecule has 0 aliphatic carbocycles. The molecule has 29 heavy (non-hydrogen) atoms. The largest absolute Gasteiger partial charge is 0.336 e. The van der Waals surface area contributed by atoms with Crippen LogP contribution >= 0.6 is 23.2 Å². The van der Waals surface area contributed by atoms with Gasteiger partial charge in [-0.3, -0.25) is 4.79 Å². The molecule has 5 heteroatoms. The lowest BCUT2D eigenvalue weighted by atomic mass is 9.79. The molecule has 0 aromatic heterocycles. The lowest BCUT2D eigenvalue weighted by molar-refractivity contribution is -0.136. The average molecular weight is 433 g/mol. The summed E-state index contributed by atoms with van der Waals surface area (Å²) in [7, 11) is 1.94. The standard InChI is InChI=1S/C24H30Cl2N2O/c1-18(20-9-10-22(25)23(26)17-20)11-14-28-15-12-24(13-16-28,27(3)19(2)29)21-7-5-4-6-8-21/h4-10,17-18H,11-16H2,1-3H3. The molecule has 0 saturated carbocycles. The summed E-state index contributed by atoms with van der Waals surface area (Å²) in [5.41, 5.74) is 2.26. The van der Waals surface area contributed by atoms with Crippen LogP contribution in [0.15, 0.2) is 48.5 Å². The highest BCUT2D eigenvalue weighted by Gasteiger charge is 2.40. The van der Waals surface area contributed by atoms with Crippen LogP contribution < -0.4 is 0 Å². The van der Waals surface area contributed by atoms with Crippen molar-refractivity contribution in [2.45, 2.75) is 44.6 Å². The number of benzene rings is 2. The summed E-state index contributed by atoms with van der Waals surface area (Å²) in [6, 6.07) is 16.4. The van der Waals surface area contributed by atoms with Crippen molar-refractivity contribution < 1.29 is 4.79 Å². The van der Waals surface area contributed by atoms with Crippen LogP contribution in [0.4, 0.5) is 0 Å². The van der Waals surface area contributed by atoms with E-state index in [0.29, 0.717) is 16.0 Å². The molecule has 0 N–H and O–H groups in total. The molecule has 0 radical (unpaired) electrons. The summed E-state index contributed by atoms with van der Waals surface area (Å²) in [6.45, 7) is 6.91. The number of hydrogen-bond donors (Lipinski definition) is 0. The SMILES string of the molecule is CC(=O)N(C)C1(c2ccccc2)CCN(CCC(C)c2ccc(Cl)c(Cl)c2)CC1. The highest BCUT2D eigenvalue weighted by atomic mass is 35.5. The van der Waals surface area contributed by atoms with Crippen molar-refractivity contribution in [2.24, 2.45) is 0 Å². The molecule has 3 nitrogen and oxygen atoms in total. The van der Waals surface area contributed by atoms with Gasteiger partial charge in [0.2, 0.25) is 5.91 Å². The van der Waals surface area contributed by atoms with E-state index in [1.807, 2.05) is 30.1 Å². The van der Waals surface area contributed by atoms with Crippen LogP contribution in [0, 0.1) is 0 Å². The van der Waals surface area contributed by atoms with Gasteiger partial charge in [0.1, 0.15) is 0 Å². The van der Waals surface area contributed by atoms with Gasteiger partial charge in [-0.05, 0) is 55.0 Å². The predicted octanol–water partition coefficient (Wildman–Crippen LogP) is 5.96. The predicted molar refractivity (Wildman–Crippen MR) is 122 cm³/mol. The number of carbonyl (C=O) groups is 1. The molecule has 1 fully saturated rings. The molecular formula is C24H30Cl2N2O. The van der Waals surface area contributed by atoms with Crippen molar-refractivity contribution in [1.82, 2.24) is 9.80 Å². The summed E-state index contributed by atoms with van der Waals surface area (Å²) in [6.07, 6.45) is 2.97. The van der Waals surface area contributed by atoms with Crippen molar-refractivity contribution in [3.8, 4) is 0 Å². The first-order chi connectivity index (χ1) is 13.8. The van der Waals surface area contributed by atoms with Gasteiger partial charge in [-0.1, -0.05) is 66.5 Å². The molecule has 156 valence electrons. The second-order valence-electron chi connectivity index (χ2n) is 8.18. The van der Waals surface area contributed by atoms with E-state index < -0.39 is 0 Å². The number of piperidine rings is 1. The lowest BCUT2D eigenvalue weighted by Gasteiger charge is -2.47. The Bertz CT molecular complexity index is 832. The number of likely N-dealkylation sites (tertiary alicyclic amines) is 1. The van der Waals surface area contributed by atoms with Crippen LogP contribution in [0.5, 0.6) is 0 Å². The van der Waals surface area contributed by atoms with Gasteiger partial charge in [0, 0.05) is 27.1 Å². The van der Waals surface area contributed by atoms with Crippen LogP contribution in [0.3, 0.4) is 0 Å². The van der Waals surface area contributed by atoms with Crippen LogP contribution in [-0.2, 0) is 10.3 Å². The Balaban J connectivity index is 1.63. The number of nitrogens with zero attached hydrogens (tertiary/aromatic N) is 2. The molecular weight excluding hydrogens is 403 g/mol. The fourth-order valence-electron chi connectivity index (χ4n) is 4.38. The molecule has 1 aliphatic heterocycles. The third-order valence-corrected chi connectivity index (χ3v) is 7.24. The minimum absolute atomic E-state index is 0.121. The van der Waals surface area contributed by atoms with Crippen molar-refractivity contribution in [3.63, 3.8) is 0 Å². The van der Waals surface area contributed by atoms with Crippen molar-refractivity contribution in [3.05, 3.63) is 69.7 Å². The van der Waals surface area contributed by atoms with Crippen LogP contribution in [0.1, 0.15) is 50.2 Å². The molecule has 3 rings (SSSR count). The first-order valence-electron chi connectivity index (χ1n) is 10.3. The van der Waals surface area contributed by atoms with E-state index in [4.69, 9.17) is 23.2 Å². The van der Waals surface area contributed by atoms with E-state index in [1.54, 1.807) is 6.92 Å². The Hall–Kier alpha value is -1.55. The van der Waals surface area contributed by atoms with E-state index in [2.05, 4.69) is 42.2 Å². The Labute approximate surface area is 184 Å². The highest BCUT2D eigenvalue weighted by Crippen LogP contribution is 2.38. The minimum Gasteiger partial charge on any atom is -0.336 e. The van der Waals surface area contributed by atoms with Gasteiger partial charge in [-0.2, -0.15) is 0 Å². The van der Waals surface area contributed by atoms with E-state index in [1.165, 1.54) is 11.1 Å². The number of halogens is 2. The molecule has 2 aromatic rings. The first-order valence-corrected chi connectivity index (χ1v) is 11.1. The Morgan fingerprint density at radius 3 is 2.34 bits per heavy atom. The maximum Gasteiger partial charge on any atom is 0.219 e. The maximum atomic E-state index is 12.2. The minimum atomic E-state index is -0.209. The van der Waals surface area contributed by atoms with Crippen molar-refractivity contribution in [2.75, 3.05) is 26.7 Å². The molecule has 0 spiro atoms. The molecule has 1 aliphatic rings. The number of hydrogen-bond acceptors (Lipinski definition) is 2. The van der Waals surface area contributed by atoms with Gasteiger partial charge in [-0.15, -0.1) is 0 Å². The van der Waals surface area contributed by atoms with E-state index >= 15 is 0 Å². The van der Waals surface area contributed by atoms with E-state index in [0.717, 1.165) is 38.9 Å². The average Bonchev–Trinajstić information content (AvgIpc) is 2.74. The fourth-order valence-corrected chi connectivity index (χ4v) is 4.68. The zero-order valence-corrected chi connectivity index (χ0v) is 19.0. The van der Waals surface area contributed by atoms with Gasteiger partial charge >= 0.3 is 0 Å². The van der Waals surface area contributed by atoms with Crippen LogP contribution in [0.25, 0.3) is 0 Å². The Kier molecular flexibility index (Phi) is 7.26. The zero-order chi connectivity index (χ0) is 21.0. The summed E-state index contributed by atoms with van der Waals surface area (Å²) in [5, 5.41) is 1.22. The summed E-state index contributed by atoms with van der Waals surface area (Å²) in [4.78, 5) is 16.7. The number of rotatable bonds is 6. The summed E-state index contributed by atoms with van der Waals surface area (Å²) < 4.78 is 0. The Morgan fingerprint density at radius 1 is 1.10 bits per heavy atom. The first kappa shape index (κ1) is 22.1. The van der Waals surface area contributed by atoms with E-state index in [-0.39, 0.29) is 11.4 Å². The maximum absolute atomic E-state index is 12.2. The zero-order valence-electron chi connectivity index (χ0n) is 17.5. The van der Waals surface area contributed by atoms with Gasteiger partial charge < -0.3 is 9.80 Å². The number of amides is 1. The van der Waals surface area contributed by atoms with Gasteiger partial charge in [0.05, 0.1) is 15.6 Å². The second kappa shape index (κ2) is 9.51. The van der Waals surface area contributed by atoms with Crippen LogP contribution in [0.2, 0.25) is 10.0 Å². The second-order valence-corrected chi connectivity index (χ2v) is 8.99. The molecule has 1 unspecified atom stereocenters. The van der Waals surface area contributed by atoms with Gasteiger partial charge in [0.25, 0.3) is 0 Å². The molecule has 0 bridgehead atoms. The smallest absolute Gasteiger partial charge is 0.219 e. The van der Waals surface area contributed by atoms with E-state index in [9.17, 15) is 4.79 Å². The van der Waals surface area contributed by atoms with Crippen molar-refractivity contribution in [1.29, 1.82) is 0 Å². The van der Waals surface area contributed by atoms with Crippen molar-refractivity contribution >= 4 is 29.1 Å². The molecule has 1 heterocycles. The monoisotopic (exact) mass is 432 g/mol. The Morgan fingerprint density at radius 2 is 1.76 bits per heavy atom. The molecule has 1 atom stereocenters. The molecule has 1 amide bonds.